The molecule has 3 aliphatic rings. The van der Waals surface area contributed by atoms with Crippen LogP contribution in [0.3, 0.4) is 0 Å². The Morgan fingerprint density at radius 3 is 2.65 bits per heavy atom. The minimum atomic E-state index is -1.16. The first-order valence-corrected chi connectivity index (χ1v) is 11.4. The van der Waals surface area contributed by atoms with Crippen LogP contribution in [0.15, 0.2) is 49.6 Å². The van der Waals surface area contributed by atoms with E-state index in [0.717, 1.165) is 0 Å². The number of esters is 1. The molecule has 2 unspecified atom stereocenters. The number of nitrogens with zero attached hydrogens (tertiary/aromatic N) is 2. The van der Waals surface area contributed by atoms with Crippen molar-refractivity contribution >= 4 is 23.5 Å². The lowest BCUT2D eigenvalue weighted by atomic mass is 9.70. The van der Waals surface area contributed by atoms with Crippen LogP contribution < -0.4 is 9.64 Å². The van der Waals surface area contributed by atoms with Crippen LogP contribution in [0.4, 0.5) is 5.69 Å². The number of β-amino-alcohol motifs (C(OH)–C–C–N with tert-alkyl or cyclic N) is 1. The molecule has 2 bridgehead atoms. The molecular formula is C25H30N2O7. The van der Waals surface area contributed by atoms with Gasteiger partial charge >= 0.3 is 5.97 Å². The Kier molecular flexibility index (Phi) is 6.77. The van der Waals surface area contributed by atoms with Gasteiger partial charge in [-0.3, -0.25) is 14.4 Å². The van der Waals surface area contributed by atoms with E-state index in [0.29, 0.717) is 24.3 Å². The maximum Gasteiger partial charge on any atom is 0.312 e. The van der Waals surface area contributed by atoms with Gasteiger partial charge in [-0.15, -0.1) is 6.58 Å². The molecule has 3 fully saturated rings. The Bertz CT molecular complexity index is 978. The largest absolute Gasteiger partial charge is 0.497 e. The zero-order valence-electron chi connectivity index (χ0n) is 19.2. The molecule has 5 atom stereocenters. The van der Waals surface area contributed by atoms with Crippen LogP contribution in [0.25, 0.3) is 0 Å². The summed E-state index contributed by atoms with van der Waals surface area (Å²) in [5.41, 5.74) is -0.547. The third kappa shape index (κ3) is 3.69. The highest BCUT2D eigenvalue weighted by Gasteiger charge is 2.75. The molecule has 1 N–H and O–H groups in total. The normalized spacial score (nSPS) is 29.0. The number of hydrogen-bond acceptors (Lipinski definition) is 7. The molecule has 3 heterocycles. The highest BCUT2D eigenvalue weighted by molar-refractivity contribution is 6.04. The fraction of sp³-hybridized carbons (Fsp3) is 0.480. The number of aliphatic hydroxyl groups is 1. The molecule has 1 aromatic rings. The number of rotatable bonds is 10. The van der Waals surface area contributed by atoms with E-state index in [1.165, 1.54) is 15.9 Å². The van der Waals surface area contributed by atoms with Crippen LogP contribution in [0, 0.1) is 11.8 Å². The number of benzene rings is 1. The number of carbonyl (C=O) groups excluding carboxylic acids is 3. The van der Waals surface area contributed by atoms with Crippen molar-refractivity contribution in [3.8, 4) is 5.75 Å². The van der Waals surface area contributed by atoms with Crippen LogP contribution >= 0.6 is 0 Å². The molecule has 0 saturated carbocycles. The Morgan fingerprint density at radius 1 is 1.29 bits per heavy atom. The van der Waals surface area contributed by atoms with Gasteiger partial charge in [-0.1, -0.05) is 18.7 Å². The van der Waals surface area contributed by atoms with Gasteiger partial charge in [-0.2, -0.15) is 0 Å². The van der Waals surface area contributed by atoms with Gasteiger partial charge in [0.2, 0.25) is 5.91 Å². The molecular weight excluding hydrogens is 440 g/mol. The SMILES string of the molecule is C=CCOC(=O)[C@@H]1[C@@H]2CCC3(O2)C(C(=O)N(CC=C)c2ccc(OC)cc2)N(CCO)C(=O)[C@H]13. The first-order valence-electron chi connectivity index (χ1n) is 11.4. The van der Waals surface area contributed by atoms with Crippen molar-refractivity contribution in [2.24, 2.45) is 11.8 Å². The summed E-state index contributed by atoms with van der Waals surface area (Å²) in [6.45, 7) is 7.21. The number of methoxy groups -OCH3 is 1. The Hall–Kier alpha value is -3.17. The van der Waals surface area contributed by atoms with Gasteiger partial charge in [-0.05, 0) is 37.1 Å². The molecule has 0 aromatic heterocycles. The summed E-state index contributed by atoms with van der Waals surface area (Å²) in [5, 5.41) is 9.69. The van der Waals surface area contributed by atoms with Crippen LogP contribution in [-0.2, 0) is 23.9 Å². The molecule has 1 spiro atoms. The number of likely N-dealkylation sites (tertiary alicyclic amines) is 1. The van der Waals surface area contributed by atoms with Crippen LogP contribution in [0.5, 0.6) is 5.75 Å². The van der Waals surface area contributed by atoms with Gasteiger partial charge in [-0.25, -0.2) is 0 Å². The van der Waals surface area contributed by atoms with Gasteiger partial charge in [0.15, 0.2) is 0 Å². The maximum atomic E-state index is 14.1. The predicted octanol–water partition coefficient (Wildman–Crippen LogP) is 1.31. The monoisotopic (exact) mass is 470 g/mol. The van der Waals surface area contributed by atoms with E-state index in [2.05, 4.69) is 13.2 Å². The lowest BCUT2D eigenvalue weighted by molar-refractivity contribution is -0.154. The molecule has 0 radical (unpaired) electrons. The van der Waals surface area contributed by atoms with Gasteiger partial charge in [0.1, 0.15) is 24.0 Å². The van der Waals surface area contributed by atoms with Crippen molar-refractivity contribution in [2.45, 2.75) is 30.6 Å². The van der Waals surface area contributed by atoms with Gasteiger partial charge in [0.25, 0.3) is 5.91 Å². The minimum Gasteiger partial charge on any atom is -0.497 e. The first kappa shape index (κ1) is 24.0. The second kappa shape index (κ2) is 9.60. The maximum absolute atomic E-state index is 14.1. The lowest BCUT2D eigenvalue weighted by Gasteiger charge is -2.36. The van der Waals surface area contributed by atoms with Crippen molar-refractivity contribution in [2.75, 3.05) is 38.3 Å². The van der Waals surface area contributed by atoms with Gasteiger partial charge in [0, 0.05) is 18.8 Å². The van der Waals surface area contributed by atoms with E-state index < -0.39 is 35.6 Å². The number of fused-ring (bicyclic) bond motifs is 1. The molecule has 4 rings (SSSR count). The number of anilines is 1. The van der Waals surface area contributed by atoms with Crippen LogP contribution in [0.1, 0.15) is 12.8 Å². The van der Waals surface area contributed by atoms with Crippen LogP contribution in [0.2, 0.25) is 0 Å². The molecule has 182 valence electrons. The minimum absolute atomic E-state index is 0.0310. The highest BCUT2D eigenvalue weighted by Crippen LogP contribution is 2.58. The summed E-state index contributed by atoms with van der Waals surface area (Å²) >= 11 is 0. The molecule has 34 heavy (non-hydrogen) atoms. The van der Waals surface area contributed by atoms with Gasteiger partial charge in [0.05, 0.1) is 31.7 Å². The summed E-state index contributed by atoms with van der Waals surface area (Å²) in [5.74, 6) is -2.25. The number of amides is 2. The van der Waals surface area contributed by atoms with E-state index >= 15 is 0 Å². The summed E-state index contributed by atoms with van der Waals surface area (Å²) in [7, 11) is 1.56. The highest BCUT2D eigenvalue weighted by atomic mass is 16.6. The topological polar surface area (TPSA) is 106 Å². The third-order valence-corrected chi connectivity index (χ3v) is 6.95. The molecule has 9 heteroatoms. The fourth-order valence-electron chi connectivity index (χ4n) is 5.65. The van der Waals surface area contributed by atoms with E-state index in [1.54, 1.807) is 37.5 Å². The van der Waals surface area contributed by atoms with Crippen molar-refractivity contribution in [3.63, 3.8) is 0 Å². The van der Waals surface area contributed by atoms with Gasteiger partial charge < -0.3 is 29.1 Å². The molecule has 1 aromatic carbocycles. The second-order valence-electron chi connectivity index (χ2n) is 8.67. The quantitative estimate of drug-likeness (QED) is 0.406. The number of carbonyl (C=O) groups is 3. The van der Waals surface area contributed by atoms with Crippen molar-refractivity contribution in [1.29, 1.82) is 0 Å². The number of aliphatic hydroxyl groups excluding tert-OH is 1. The Labute approximate surface area is 198 Å². The average molecular weight is 471 g/mol. The molecule has 3 saturated heterocycles. The smallest absolute Gasteiger partial charge is 0.312 e. The Morgan fingerprint density at radius 2 is 2.03 bits per heavy atom. The summed E-state index contributed by atoms with van der Waals surface area (Å²) in [6.07, 6.45) is 3.57. The van der Waals surface area contributed by atoms with E-state index in [4.69, 9.17) is 14.2 Å². The third-order valence-electron chi connectivity index (χ3n) is 6.95. The predicted molar refractivity (Wildman–Crippen MR) is 123 cm³/mol. The molecule has 0 aliphatic carbocycles. The summed E-state index contributed by atoms with van der Waals surface area (Å²) in [4.78, 5) is 43.4. The molecule has 3 aliphatic heterocycles. The number of ether oxygens (including phenoxy) is 3. The number of hydrogen-bond donors (Lipinski definition) is 1. The standard InChI is InChI=1S/C25H30N2O7/c1-4-12-26(16-6-8-17(32-3)9-7-16)23(30)21-25-11-10-18(34-25)19(24(31)33-15-5-2)20(25)22(29)27(21)13-14-28/h4-9,18-21,28H,1-2,10-15H2,3H3/t18-,19+,20-,21?,25?/m0/s1. The van der Waals surface area contributed by atoms with Crippen molar-refractivity contribution < 1.29 is 33.7 Å². The molecule has 2 amide bonds. The van der Waals surface area contributed by atoms with Crippen LogP contribution in [-0.4, -0.2) is 79.0 Å². The van der Waals surface area contributed by atoms with E-state index in [1.807, 2.05) is 0 Å². The fourth-order valence-corrected chi connectivity index (χ4v) is 5.65. The first-order chi connectivity index (χ1) is 16.4. The Balaban J connectivity index is 1.72. The summed E-state index contributed by atoms with van der Waals surface area (Å²) in [6, 6.07) is 6.01. The molecule has 9 nitrogen and oxygen atoms in total. The second-order valence-corrected chi connectivity index (χ2v) is 8.67. The van der Waals surface area contributed by atoms with Crippen molar-refractivity contribution in [3.05, 3.63) is 49.6 Å². The zero-order valence-corrected chi connectivity index (χ0v) is 19.2. The average Bonchev–Trinajstić information content (AvgIpc) is 3.49. The zero-order chi connectivity index (χ0) is 24.5. The van der Waals surface area contributed by atoms with E-state index in [9.17, 15) is 19.5 Å². The van der Waals surface area contributed by atoms with Crippen molar-refractivity contribution in [1.82, 2.24) is 4.90 Å². The summed E-state index contributed by atoms with van der Waals surface area (Å²) < 4.78 is 16.8. The van der Waals surface area contributed by atoms with E-state index in [-0.39, 0.29) is 38.1 Å². The lowest BCUT2D eigenvalue weighted by Crippen LogP contribution is -2.56.